The normalized spacial score (nSPS) is 16.5. The summed E-state index contributed by atoms with van der Waals surface area (Å²) in [6.45, 7) is 2.14. The maximum Gasteiger partial charge on any atom is 0.338 e. The molecule has 2 aromatic rings. The maximum atomic E-state index is 12.7. The highest BCUT2D eigenvalue weighted by Gasteiger charge is 2.34. The summed E-state index contributed by atoms with van der Waals surface area (Å²) in [7, 11) is 0. The number of amides is 2. The Bertz CT molecular complexity index is 996. The Labute approximate surface area is 160 Å². The smallest absolute Gasteiger partial charge is 0.338 e. The lowest BCUT2D eigenvalue weighted by molar-refractivity contribution is -0.117. The SMILES string of the molecule is CCOC(=O)c1ccc(N2NC(=O)/C(=C\c3ccc4c(c3)OCO4)C2=O)cc1. The molecule has 4 rings (SSSR count). The zero-order valence-corrected chi connectivity index (χ0v) is 14.9. The molecule has 142 valence electrons. The summed E-state index contributed by atoms with van der Waals surface area (Å²) in [5.74, 6) is -0.280. The first kappa shape index (κ1) is 17.6. The zero-order chi connectivity index (χ0) is 19.7. The van der Waals surface area contributed by atoms with E-state index in [2.05, 4.69) is 5.43 Å². The van der Waals surface area contributed by atoms with E-state index in [1.165, 1.54) is 18.2 Å². The molecule has 1 N–H and O–H groups in total. The molecule has 0 aliphatic carbocycles. The fourth-order valence-electron chi connectivity index (χ4n) is 2.87. The molecular weight excluding hydrogens is 364 g/mol. The number of nitrogens with one attached hydrogen (secondary N) is 1. The van der Waals surface area contributed by atoms with E-state index in [-0.39, 0.29) is 19.0 Å². The highest BCUT2D eigenvalue weighted by Crippen LogP contribution is 2.33. The van der Waals surface area contributed by atoms with Crippen molar-refractivity contribution in [3.8, 4) is 11.5 Å². The molecule has 28 heavy (non-hydrogen) atoms. The number of carbonyl (C=O) groups is 3. The molecule has 8 nitrogen and oxygen atoms in total. The predicted octanol–water partition coefficient (Wildman–Crippen LogP) is 2.05. The second kappa shape index (κ2) is 7.07. The average Bonchev–Trinajstić information content (AvgIpc) is 3.27. The van der Waals surface area contributed by atoms with Gasteiger partial charge in [0.25, 0.3) is 11.8 Å². The molecular formula is C20H16N2O6. The molecule has 1 fully saturated rings. The van der Waals surface area contributed by atoms with Gasteiger partial charge >= 0.3 is 5.97 Å². The van der Waals surface area contributed by atoms with E-state index in [1.807, 2.05) is 0 Å². The number of carbonyl (C=O) groups excluding carboxylic acids is 3. The van der Waals surface area contributed by atoms with Crippen molar-refractivity contribution in [2.45, 2.75) is 6.92 Å². The van der Waals surface area contributed by atoms with Gasteiger partial charge in [-0.25, -0.2) is 9.80 Å². The van der Waals surface area contributed by atoms with Crippen LogP contribution < -0.4 is 19.9 Å². The minimum Gasteiger partial charge on any atom is -0.462 e. The number of hydrogen-bond acceptors (Lipinski definition) is 6. The third kappa shape index (κ3) is 3.16. The Kier molecular flexibility index (Phi) is 4.44. The Morgan fingerprint density at radius 1 is 1.14 bits per heavy atom. The summed E-state index contributed by atoms with van der Waals surface area (Å²) in [5, 5.41) is 1.13. The average molecular weight is 380 g/mol. The summed E-state index contributed by atoms with van der Waals surface area (Å²) in [4.78, 5) is 36.7. The van der Waals surface area contributed by atoms with Crippen molar-refractivity contribution >= 4 is 29.5 Å². The monoisotopic (exact) mass is 380 g/mol. The number of hydrazine groups is 1. The number of esters is 1. The first-order valence-corrected chi connectivity index (χ1v) is 8.61. The van der Waals surface area contributed by atoms with Gasteiger partial charge in [0, 0.05) is 0 Å². The largest absolute Gasteiger partial charge is 0.462 e. The van der Waals surface area contributed by atoms with Gasteiger partial charge < -0.3 is 14.2 Å². The number of hydrogen-bond donors (Lipinski definition) is 1. The van der Waals surface area contributed by atoms with E-state index in [0.29, 0.717) is 28.3 Å². The van der Waals surface area contributed by atoms with Crippen LogP contribution in [0.15, 0.2) is 48.0 Å². The van der Waals surface area contributed by atoms with Crippen molar-refractivity contribution in [3.63, 3.8) is 0 Å². The molecule has 0 radical (unpaired) electrons. The minimum absolute atomic E-state index is 0.00617. The van der Waals surface area contributed by atoms with Crippen LogP contribution in [0.4, 0.5) is 5.69 Å². The zero-order valence-electron chi connectivity index (χ0n) is 14.9. The van der Waals surface area contributed by atoms with E-state index in [0.717, 1.165) is 5.01 Å². The molecule has 2 aliphatic heterocycles. The van der Waals surface area contributed by atoms with Gasteiger partial charge in [-0.3, -0.25) is 15.0 Å². The van der Waals surface area contributed by atoms with E-state index < -0.39 is 17.8 Å². The minimum atomic E-state index is -0.517. The fraction of sp³-hybridized carbons (Fsp3) is 0.150. The first-order chi connectivity index (χ1) is 13.6. The molecule has 1 saturated heterocycles. The maximum absolute atomic E-state index is 12.7. The second-order valence-electron chi connectivity index (χ2n) is 6.02. The van der Waals surface area contributed by atoms with Crippen LogP contribution in [0, 0.1) is 0 Å². The van der Waals surface area contributed by atoms with Crippen LogP contribution in [0.25, 0.3) is 6.08 Å². The molecule has 2 aliphatic rings. The lowest BCUT2D eigenvalue weighted by Crippen LogP contribution is -2.35. The van der Waals surface area contributed by atoms with Crippen molar-refractivity contribution in [2.75, 3.05) is 18.4 Å². The Hall–Kier alpha value is -3.81. The van der Waals surface area contributed by atoms with Crippen molar-refractivity contribution in [1.82, 2.24) is 5.43 Å². The standard InChI is InChI=1S/C20H16N2O6/c1-2-26-20(25)13-4-6-14(7-5-13)22-19(24)15(18(23)21-22)9-12-3-8-16-17(10-12)28-11-27-16/h3-10H,2,11H2,1H3,(H,21,23)/b15-9+. The molecule has 0 saturated carbocycles. The highest BCUT2D eigenvalue weighted by atomic mass is 16.7. The summed E-state index contributed by atoms with van der Waals surface area (Å²) in [5.41, 5.74) is 3.95. The lowest BCUT2D eigenvalue weighted by Gasteiger charge is -2.14. The number of anilines is 1. The van der Waals surface area contributed by atoms with Gasteiger partial charge in [0.05, 0.1) is 17.9 Å². The summed E-state index contributed by atoms with van der Waals surface area (Å²) in [6, 6.07) is 11.4. The predicted molar refractivity (Wildman–Crippen MR) is 98.6 cm³/mol. The van der Waals surface area contributed by atoms with Gasteiger partial charge in [-0.2, -0.15) is 0 Å². The fourth-order valence-corrected chi connectivity index (χ4v) is 2.87. The molecule has 0 spiro atoms. The lowest BCUT2D eigenvalue weighted by atomic mass is 10.1. The number of ether oxygens (including phenoxy) is 3. The topological polar surface area (TPSA) is 94.2 Å². The van der Waals surface area contributed by atoms with Crippen molar-refractivity contribution in [3.05, 3.63) is 59.2 Å². The summed E-state index contributed by atoms with van der Waals surface area (Å²) < 4.78 is 15.5. The highest BCUT2D eigenvalue weighted by molar-refractivity contribution is 6.31. The molecule has 0 unspecified atom stereocenters. The molecule has 0 atom stereocenters. The van der Waals surface area contributed by atoms with Crippen LogP contribution in [0.3, 0.4) is 0 Å². The molecule has 2 heterocycles. The van der Waals surface area contributed by atoms with E-state index >= 15 is 0 Å². The van der Waals surface area contributed by atoms with Crippen LogP contribution in [-0.4, -0.2) is 31.2 Å². The number of fused-ring (bicyclic) bond motifs is 1. The van der Waals surface area contributed by atoms with Gasteiger partial charge in [-0.1, -0.05) is 6.07 Å². The van der Waals surface area contributed by atoms with Crippen LogP contribution >= 0.6 is 0 Å². The molecule has 2 aromatic carbocycles. The van der Waals surface area contributed by atoms with Gasteiger partial charge in [-0.05, 0) is 55.0 Å². The second-order valence-corrected chi connectivity index (χ2v) is 6.02. The first-order valence-electron chi connectivity index (χ1n) is 8.61. The summed E-state index contributed by atoms with van der Waals surface area (Å²) in [6.07, 6.45) is 1.49. The number of benzene rings is 2. The van der Waals surface area contributed by atoms with Gasteiger partial charge in [0.15, 0.2) is 11.5 Å². The van der Waals surface area contributed by atoms with Crippen LogP contribution in [0.5, 0.6) is 11.5 Å². The molecule has 0 bridgehead atoms. The van der Waals surface area contributed by atoms with E-state index in [4.69, 9.17) is 14.2 Å². The Morgan fingerprint density at radius 3 is 2.64 bits per heavy atom. The molecule has 8 heteroatoms. The Morgan fingerprint density at radius 2 is 1.89 bits per heavy atom. The number of nitrogens with zero attached hydrogens (tertiary/aromatic N) is 1. The number of rotatable bonds is 4. The Balaban J connectivity index is 1.56. The summed E-state index contributed by atoms with van der Waals surface area (Å²) >= 11 is 0. The van der Waals surface area contributed by atoms with Crippen LogP contribution in [0.1, 0.15) is 22.8 Å². The van der Waals surface area contributed by atoms with Crippen LogP contribution in [-0.2, 0) is 14.3 Å². The van der Waals surface area contributed by atoms with Crippen molar-refractivity contribution < 1.29 is 28.6 Å². The van der Waals surface area contributed by atoms with Gasteiger partial charge in [0.1, 0.15) is 5.57 Å². The third-order valence-electron chi connectivity index (χ3n) is 4.24. The van der Waals surface area contributed by atoms with E-state index in [9.17, 15) is 14.4 Å². The van der Waals surface area contributed by atoms with Gasteiger partial charge in [0.2, 0.25) is 6.79 Å². The van der Waals surface area contributed by atoms with Gasteiger partial charge in [-0.15, -0.1) is 0 Å². The van der Waals surface area contributed by atoms with Crippen LogP contribution in [0.2, 0.25) is 0 Å². The van der Waals surface area contributed by atoms with Crippen molar-refractivity contribution in [2.24, 2.45) is 0 Å². The van der Waals surface area contributed by atoms with E-state index in [1.54, 1.807) is 37.3 Å². The molecule has 2 amide bonds. The van der Waals surface area contributed by atoms with Crippen molar-refractivity contribution in [1.29, 1.82) is 0 Å². The third-order valence-corrected chi connectivity index (χ3v) is 4.24. The quantitative estimate of drug-likeness (QED) is 0.496. The molecule has 0 aromatic heterocycles.